The van der Waals surface area contributed by atoms with Gasteiger partial charge in [-0.1, -0.05) is 6.07 Å². The number of nitrogens with one attached hydrogen (secondary N) is 2. The van der Waals surface area contributed by atoms with Crippen molar-refractivity contribution in [2.75, 3.05) is 24.3 Å². The Morgan fingerprint density at radius 3 is 2.91 bits per heavy atom. The summed E-state index contributed by atoms with van der Waals surface area (Å²) in [5.41, 5.74) is 11.5. The molecule has 1 aliphatic rings. The van der Waals surface area contributed by atoms with Crippen LogP contribution in [-0.4, -0.2) is 41.6 Å². The highest BCUT2D eigenvalue weighted by Gasteiger charge is 2.25. The molecule has 4 rings (SSSR count). The number of esters is 1. The smallest absolute Gasteiger partial charge is 0.359 e. The molecule has 1 aliphatic heterocycles. The van der Waals surface area contributed by atoms with Crippen molar-refractivity contribution in [2.45, 2.75) is 39.3 Å². The summed E-state index contributed by atoms with van der Waals surface area (Å²) in [5, 5.41) is 11.6. The number of fused-ring (bicyclic) bond motifs is 1. The average Bonchev–Trinajstić information content (AvgIpc) is 2.81. The van der Waals surface area contributed by atoms with Crippen LogP contribution in [0.3, 0.4) is 0 Å². The number of nitrogens with zero attached hydrogens (tertiary/aromatic N) is 2. The van der Waals surface area contributed by atoms with E-state index in [0.717, 1.165) is 36.1 Å². The first-order valence-corrected chi connectivity index (χ1v) is 10.8. The van der Waals surface area contributed by atoms with Gasteiger partial charge >= 0.3 is 5.97 Å². The maximum absolute atomic E-state index is 12.6. The molecule has 32 heavy (non-hydrogen) atoms. The highest BCUT2D eigenvalue weighted by molar-refractivity contribution is 6.10. The molecule has 1 atom stereocenters. The molecule has 8 heteroatoms. The minimum Gasteiger partial charge on any atom is -0.461 e. The van der Waals surface area contributed by atoms with Crippen LogP contribution in [0.2, 0.25) is 0 Å². The summed E-state index contributed by atoms with van der Waals surface area (Å²) in [5.74, 6) is -0.587. The number of benzene rings is 1. The van der Waals surface area contributed by atoms with E-state index in [0.29, 0.717) is 28.8 Å². The molecule has 4 N–H and O–H groups in total. The fraction of sp³-hybridized carbons (Fsp3) is 0.333. The predicted molar refractivity (Wildman–Crippen MR) is 125 cm³/mol. The SMILES string of the molecule is CCOC(=O)c1nc2cccnc2c(-c2c(C)ccc(NC3CCCCO3)c2C=N)c1N. The molecule has 0 saturated carbocycles. The number of hydrogen-bond acceptors (Lipinski definition) is 8. The van der Waals surface area contributed by atoms with Gasteiger partial charge < -0.3 is 25.9 Å². The Labute approximate surface area is 186 Å². The maximum Gasteiger partial charge on any atom is 0.359 e. The van der Waals surface area contributed by atoms with Gasteiger partial charge in [-0.2, -0.15) is 0 Å². The van der Waals surface area contributed by atoms with E-state index in [1.807, 2.05) is 19.1 Å². The molecule has 8 nitrogen and oxygen atoms in total. The molecule has 2 aromatic heterocycles. The number of aryl methyl sites for hydroxylation is 1. The molecule has 0 bridgehead atoms. The molecule has 1 saturated heterocycles. The van der Waals surface area contributed by atoms with Crippen molar-refractivity contribution in [2.24, 2.45) is 0 Å². The van der Waals surface area contributed by atoms with Crippen LogP contribution in [0, 0.1) is 12.3 Å². The number of carbonyl (C=O) groups is 1. The lowest BCUT2D eigenvalue weighted by molar-refractivity contribution is 0.0343. The van der Waals surface area contributed by atoms with Crippen LogP contribution in [0.25, 0.3) is 22.2 Å². The number of anilines is 2. The molecule has 3 heterocycles. The van der Waals surface area contributed by atoms with E-state index in [4.69, 9.17) is 20.6 Å². The first-order chi connectivity index (χ1) is 15.5. The van der Waals surface area contributed by atoms with Gasteiger partial charge in [0.05, 0.1) is 23.3 Å². The van der Waals surface area contributed by atoms with E-state index in [9.17, 15) is 4.79 Å². The third-order valence-electron chi connectivity index (χ3n) is 5.59. The van der Waals surface area contributed by atoms with Gasteiger partial charge in [0, 0.05) is 35.8 Å². The summed E-state index contributed by atoms with van der Waals surface area (Å²) >= 11 is 0. The van der Waals surface area contributed by atoms with Crippen molar-refractivity contribution in [3.8, 4) is 11.1 Å². The van der Waals surface area contributed by atoms with E-state index in [2.05, 4.69) is 15.3 Å². The lowest BCUT2D eigenvalue weighted by Crippen LogP contribution is -2.27. The second-order valence-corrected chi connectivity index (χ2v) is 7.70. The molecule has 1 fully saturated rings. The lowest BCUT2D eigenvalue weighted by Gasteiger charge is -2.26. The van der Waals surface area contributed by atoms with Crippen LogP contribution in [0.4, 0.5) is 11.4 Å². The summed E-state index contributed by atoms with van der Waals surface area (Å²) in [6.07, 6.45) is 5.88. The van der Waals surface area contributed by atoms with Crippen LogP contribution in [0.15, 0.2) is 30.5 Å². The van der Waals surface area contributed by atoms with E-state index in [-0.39, 0.29) is 24.2 Å². The number of pyridine rings is 2. The molecule has 0 amide bonds. The van der Waals surface area contributed by atoms with E-state index in [1.165, 1.54) is 6.21 Å². The quantitative estimate of drug-likeness (QED) is 0.391. The van der Waals surface area contributed by atoms with Crippen molar-refractivity contribution in [1.29, 1.82) is 5.41 Å². The van der Waals surface area contributed by atoms with Gasteiger partial charge in [0.15, 0.2) is 5.69 Å². The van der Waals surface area contributed by atoms with Crippen LogP contribution < -0.4 is 11.1 Å². The third kappa shape index (κ3) is 4.01. The Bertz CT molecular complexity index is 1170. The highest BCUT2D eigenvalue weighted by atomic mass is 16.5. The van der Waals surface area contributed by atoms with Gasteiger partial charge in [-0.15, -0.1) is 0 Å². The number of aromatic nitrogens is 2. The first kappa shape index (κ1) is 21.7. The molecule has 0 radical (unpaired) electrons. The Morgan fingerprint density at radius 1 is 1.34 bits per heavy atom. The summed E-state index contributed by atoms with van der Waals surface area (Å²) in [6, 6.07) is 7.45. The zero-order chi connectivity index (χ0) is 22.7. The number of nitrogens with two attached hydrogens (primary N) is 1. The Morgan fingerprint density at radius 2 is 2.19 bits per heavy atom. The number of hydrogen-bond donors (Lipinski definition) is 3. The topological polar surface area (TPSA) is 123 Å². The van der Waals surface area contributed by atoms with Crippen LogP contribution in [0.1, 0.15) is 47.8 Å². The zero-order valence-electron chi connectivity index (χ0n) is 18.3. The third-order valence-corrected chi connectivity index (χ3v) is 5.59. The van der Waals surface area contributed by atoms with E-state index in [1.54, 1.807) is 25.3 Å². The van der Waals surface area contributed by atoms with Crippen LogP contribution in [-0.2, 0) is 9.47 Å². The van der Waals surface area contributed by atoms with Crippen molar-refractivity contribution in [1.82, 2.24) is 9.97 Å². The van der Waals surface area contributed by atoms with Crippen molar-refractivity contribution in [3.05, 3.63) is 47.3 Å². The van der Waals surface area contributed by atoms with Gasteiger partial charge in [0.2, 0.25) is 0 Å². The highest BCUT2D eigenvalue weighted by Crippen LogP contribution is 2.40. The van der Waals surface area contributed by atoms with Gasteiger partial charge in [0.25, 0.3) is 0 Å². The second kappa shape index (κ2) is 9.32. The Balaban J connectivity index is 1.95. The van der Waals surface area contributed by atoms with Crippen molar-refractivity contribution in [3.63, 3.8) is 0 Å². The predicted octanol–water partition coefficient (Wildman–Crippen LogP) is 4.30. The zero-order valence-corrected chi connectivity index (χ0v) is 18.3. The van der Waals surface area contributed by atoms with Crippen LogP contribution >= 0.6 is 0 Å². The molecular weight excluding hydrogens is 406 g/mol. The minimum absolute atomic E-state index is 0.0478. The molecule has 166 valence electrons. The largest absolute Gasteiger partial charge is 0.461 e. The van der Waals surface area contributed by atoms with Gasteiger partial charge in [0.1, 0.15) is 6.23 Å². The van der Waals surface area contributed by atoms with Gasteiger partial charge in [-0.05, 0) is 62.4 Å². The van der Waals surface area contributed by atoms with Crippen molar-refractivity contribution < 1.29 is 14.3 Å². The Hall–Kier alpha value is -3.52. The summed E-state index contributed by atoms with van der Waals surface area (Å²) in [4.78, 5) is 21.5. The monoisotopic (exact) mass is 433 g/mol. The summed E-state index contributed by atoms with van der Waals surface area (Å²) in [6.45, 7) is 4.61. The molecular formula is C24H27N5O3. The Kier molecular flexibility index (Phi) is 6.32. The van der Waals surface area contributed by atoms with Gasteiger partial charge in [-0.25, -0.2) is 9.78 Å². The van der Waals surface area contributed by atoms with E-state index < -0.39 is 5.97 Å². The number of nitrogen functional groups attached to an aromatic ring is 1. The number of rotatable bonds is 6. The summed E-state index contributed by atoms with van der Waals surface area (Å²) in [7, 11) is 0. The fourth-order valence-corrected chi connectivity index (χ4v) is 4.08. The molecule has 0 aliphatic carbocycles. The lowest BCUT2D eigenvalue weighted by atomic mass is 9.91. The second-order valence-electron chi connectivity index (χ2n) is 7.70. The molecule has 0 spiro atoms. The van der Waals surface area contributed by atoms with Gasteiger partial charge in [-0.3, -0.25) is 4.98 Å². The average molecular weight is 434 g/mol. The van der Waals surface area contributed by atoms with Crippen LogP contribution in [0.5, 0.6) is 0 Å². The number of ether oxygens (including phenoxy) is 2. The molecule has 1 aromatic carbocycles. The summed E-state index contributed by atoms with van der Waals surface area (Å²) < 4.78 is 11.0. The van der Waals surface area contributed by atoms with Crippen molar-refractivity contribution >= 4 is 34.6 Å². The normalized spacial score (nSPS) is 16.0. The standard InChI is InChI=1S/C24H27N5O3/c1-3-31-24(30)23-21(26)20(22-17(29-23)7-6-11-27-22)19-14(2)9-10-16(15(19)13-25)28-18-8-4-5-12-32-18/h6-7,9-11,13,18,25,28H,3-5,8,12,26H2,1-2H3. The first-order valence-electron chi connectivity index (χ1n) is 10.8. The minimum atomic E-state index is -0.587. The fourth-order valence-electron chi connectivity index (χ4n) is 4.08. The molecule has 1 unspecified atom stereocenters. The van der Waals surface area contributed by atoms with E-state index >= 15 is 0 Å². The maximum atomic E-state index is 12.6. The molecule has 3 aromatic rings. The number of carbonyl (C=O) groups excluding carboxylic acids is 1.